The van der Waals surface area contributed by atoms with Crippen molar-refractivity contribution in [2.24, 2.45) is 5.92 Å². The summed E-state index contributed by atoms with van der Waals surface area (Å²) < 4.78 is 58.1. The van der Waals surface area contributed by atoms with E-state index in [2.05, 4.69) is 10.3 Å². The number of ether oxygens (including phenoxy) is 1. The average Bonchev–Trinajstić information content (AvgIpc) is 3.62. The summed E-state index contributed by atoms with van der Waals surface area (Å²) >= 11 is 0. The second-order valence-corrected chi connectivity index (χ2v) is 8.53. The standard InChI is InChI=1S/C26H22F4N2O3/c1-15-10-20(35-21-8-9-31-24(14-21)32-25(34)17-3-4-17)6-5-18(15)13-19(33)11-16-2-7-23(27)22(12-16)26(28,29)30/h2,5-10,12,14,17H,3-4,11,13H2,1H3,(H,31,32,34). The molecule has 4 rings (SSSR count). The number of ketones is 1. The van der Waals surface area contributed by atoms with E-state index in [0.29, 0.717) is 28.9 Å². The summed E-state index contributed by atoms with van der Waals surface area (Å²) in [6, 6.07) is 11.0. The van der Waals surface area contributed by atoms with Crippen LogP contribution in [0.4, 0.5) is 23.4 Å². The Morgan fingerprint density at radius 2 is 1.77 bits per heavy atom. The van der Waals surface area contributed by atoms with E-state index in [1.165, 1.54) is 12.3 Å². The van der Waals surface area contributed by atoms with Gasteiger partial charge in [0.25, 0.3) is 0 Å². The smallest absolute Gasteiger partial charge is 0.419 e. The minimum Gasteiger partial charge on any atom is -0.457 e. The lowest BCUT2D eigenvalue weighted by atomic mass is 9.98. The van der Waals surface area contributed by atoms with Crippen LogP contribution in [-0.4, -0.2) is 16.7 Å². The second kappa shape index (κ2) is 9.85. The van der Waals surface area contributed by atoms with Crippen molar-refractivity contribution >= 4 is 17.5 Å². The van der Waals surface area contributed by atoms with E-state index in [9.17, 15) is 27.2 Å². The first kappa shape index (κ1) is 24.4. The number of hydrogen-bond acceptors (Lipinski definition) is 4. The predicted molar refractivity (Wildman–Crippen MR) is 121 cm³/mol. The van der Waals surface area contributed by atoms with Crippen molar-refractivity contribution in [2.75, 3.05) is 5.32 Å². The molecule has 0 spiro atoms. The fourth-order valence-electron chi connectivity index (χ4n) is 3.59. The molecular formula is C26H22F4N2O3. The Hall–Kier alpha value is -3.75. The number of alkyl halides is 3. The van der Waals surface area contributed by atoms with Crippen molar-refractivity contribution in [3.05, 3.63) is 82.8 Å². The number of amides is 1. The zero-order chi connectivity index (χ0) is 25.2. The molecule has 2 aromatic carbocycles. The number of aryl methyl sites for hydroxylation is 1. The van der Waals surface area contributed by atoms with Crippen LogP contribution in [0.1, 0.15) is 35.1 Å². The number of nitrogens with zero attached hydrogens (tertiary/aromatic N) is 1. The molecule has 5 nitrogen and oxygen atoms in total. The zero-order valence-electron chi connectivity index (χ0n) is 18.8. The van der Waals surface area contributed by atoms with E-state index >= 15 is 0 Å². The van der Waals surface area contributed by atoms with Gasteiger partial charge in [0.1, 0.15) is 28.9 Å². The highest BCUT2D eigenvalue weighted by molar-refractivity contribution is 5.93. The number of rotatable bonds is 8. The van der Waals surface area contributed by atoms with E-state index < -0.39 is 17.6 Å². The summed E-state index contributed by atoms with van der Waals surface area (Å²) in [6.07, 6.45) is -1.76. The van der Waals surface area contributed by atoms with E-state index in [1.807, 2.05) is 0 Å². The van der Waals surface area contributed by atoms with Gasteiger partial charge in [-0.05, 0) is 66.8 Å². The molecule has 0 aliphatic heterocycles. The molecule has 0 unspecified atom stereocenters. The topological polar surface area (TPSA) is 68.3 Å². The second-order valence-electron chi connectivity index (χ2n) is 8.53. The highest BCUT2D eigenvalue weighted by Gasteiger charge is 2.34. The van der Waals surface area contributed by atoms with Crippen LogP contribution in [0.15, 0.2) is 54.7 Å². The van der Waals surface area contributed by atoms with Gasteiger partial charge in [0.05, 0.1) is 5.56 Å². The van der Waals surface area contributed by atoms with Crippen LogP contribution in [0.2, 0.25) is 0 Å². The van der Waals surface area contributed by atoms with E-state index in [0.717, 1.165) is 24.5 Å². The van der Waals surface area contributed by atoms with Crippen LogP contribution in [0.5, 0.6) is 11.5 Å². The lowest BCUT2D eigenvalue weighted by molar-refractivity contribution is -0.140. The van der Waals surface area contributed by atoms with Crippen molar-refractivity contribution in [2.45, 2.75) is 38.8 Å². The molecule has 9 heteroatoms. The number of Topliss-reactive ketones (excluding diaryl/α,β-unsaturated/α-hetero) is 1. The van der Waals surface area contributed by atoms with E-state index in [4.69, 9.17) is 4.74 Å². The fourth-order valence-corrected chi connectivity index (χ4v) is 3.59. The molecule has 1 aliphatic rings. The van der Waals surface area contributed by atoms with Gasteiger partial charge in [-0.2, -0.15) is 13.2 Å². The molecule has 1 amide bonds. The predicted octanol–water partition coefficient (Wildman–Crippen LogP) is 6.04. The minimum absolute atomic E-state index is 0.0114. The minimum atomic E-state index is -4.83. The Bertz CT molecular complexity index is 1270. The molecule has 1 N–H and O–H groups in total. The number of anilines is 1. The summed E-state index contributed by atoms with van der Waals surface area (Å²) in [6.45, 7) is 1.79. The average molecular weight is 486 g/mol. The molecule has 1 saturated carbocycles. The van der Waals surface area contributed by atoms with E-state index in [-0.39, 0.29) is 36.0 Å². The number of pyridine rings is 1. The van der Waals surface area contributed by atoms with Crippen LogP contribution < -0.4 is 10.1 Å². The van der Waals surface area contributed by atoms with Crippen molar-refractivity contribution in [3.63, 3.8) is 0 Å². The number of nitrogens with one attached hydrogen (secondary N) is 1. The number of carbonyl (C=O) groups is 2. The molecule has 0 bridgehead atoms. The molecule has 35 heavy (non-hydrogen) atoms. The molecule has 1 fully saturated rings. The monoisotopic (exact) mass is 486 g/mol. The molecule has 0 atom stereocenters. The highest BCUT2D eigenvalue weighted by atomic mass is 19.4. The van der Waals surface area contributed by atoms with Gasteiger partial charge in [-0.1, -0.05) is 12.1 Å². The Morgan fingerprint density at radius 3 is 2.46 bits per heavy atom. The normalized spacial score (nSPS) is 13.4. The van der Waals surface area contributed by atoms with E-state index in [1.54, 1.807) is 37.3 Å². The lowest BCUT2D eigenvalue weighted by Gasteiger charge is -2.12. The maximum Gasteiger partial charge on any atom is 0.419 e. The number of aromatic nitrogens is 1. The molecule has 1 aliphatic carbocycles. The molecule has 0 saturated heterocycles. The summed E-state index contributed by atoms with van der Waals surface area (Å²) in [4.78, 5) is 28.5. The fraction of sp³-hybridized carbons (Fsp3) is 0.269. The van der Waals surface area contributed by atoms with Gasteiger partial charge in [-0.25, -0.2) is 9.37 Å². The Balaban J connectivity index is 1.39. The van der Waals surface area contributed by atoms with Gasteiger partial charge in [0, 0.05) is 31.0 Å². The summed E-state index contributed by atoms with van der Waals surface area (Å²) in [5.41, 5.74) is 0.185. The molecule has 1 heterocycles. The molecule has 1 aromatic heterocycles. The van der Waals surface area contributed by atoms with Gasteiger partial charge in [0.15, 0.2) is 0 Å². The highest BCUT2D eigenvalue weighted by Crippen LogP contribution is 2.33. The summed E-state index contributed by atoms with van der Waals surface area (Å²) in [5.74, 6) is -0.293. The van der Waals surface area contributed by atoms with Crippen molar-refractivity contribution in [1.29, 1.82) is 0 Å². The van der Waals surface area contributed by atoms with Crippen molar-refractivity contribution in [1.82, 2.24) is 4.98 Å². The number of hydrogen-bond donors (Lipinski definition) is 1. The maximum atomic E-state index is 13.5. The third-order valence-corrected chi connectivity index (χ3v) is 5.61. The first-order valence-corrected chi connectivity index (χ1v) is 11.0. The van der Waals surface area contributed by atoms with Crippen LogP contribution in [0.3, 0.4) is 0 Å². The van der Waals surface area contributed by atoms with Crippen LogP contribution in [0.25, 0.3) is 0 Å². The van der Waals surface area contributed by atoms with Gasteiger partial charge < -0.3 is 10.1 Å². The SMILES string of the molecule is Cc1cc(Oc2ccnc(NC(=O)C3CC3)c2)ccc1CC(=O)Cc1ccc(F)c(C(F)(F)F)c1. The number of halogens is 4. The Kier molecular flexibility index (Phi) is 6.86. The Morgan fingerprint density at radius 1 is 1.03 bits per heavy atom. The van der Waals surface area contributed by atoms with Gasteiger partial charge in [-0.15, -0.1) is 0 Å². The third-order valence-electron chi connectivity index (χ3n) is 5.61. The zero-order valence-corrected chi connectivity index (χ0v) is 18.8. The first-order chi connectivity index (χ1) is 16.6. The largest absolute Gasteiger partial charge is 0.457 e. The molecular weight excluding hydrogens is 464 g/mol. The first-order valence-electron chi connectivity index (χ1n) is 11.0. The maximum absolute atomic E-state index is 13.5. The summed E-state index contributed by atoms with van der Waals surface area (Å²) in [7, 11) is 0. The van der Waals surface area contributed by atoms with Crippen LogP contribution >= 0.6 is 0 Å². The summed E-state index contributed by atoms with van der Waals surface area (Å²) in [5, 5.41) is 2.76. The van der Waals surface area contributed by atoms with Gasteiger partial charge in [0.2, 0.25) is 5.91 Å². The number of benzene rings is 2. The molecule has 3 aromatic rings. The Labute approximate surface area is 199 Å². The molecule has 182 valence electrons. The number of carbonyl (C=O) groups excluding carboxylic acids is 2. The third kappa shape index (κ3) is 6.44. The quantitative estimate of drug-likeness (QED) is 0.394. The van der Waals surface area contributed by atoms with Gasteiger partial charge >= 0.3 is 6.18 Å². The molecule has 0 radical (unpaired) electrons. The van der Waals surface area contributed by atoms with Crippen LogP contribution in [0, 0.1) is 18.7 Å². The van der Waals surface area contributed by atoms with Crippen molar-refractivity contribution in [3.8, 4) is 11.5 Å². The van der Waals surface area contributed by atoms with Crippen molar-refractivity contribution < 1.29 is 31.9 Å². The van der Waals surface area contributed by atoms with Gasteiger partial charge in [-0.3, -0.25) is 9.59 Å². The lowest BCUT2D eigenvalue weighted by Crippen LogP contribution is -2.14. The van der Waals surface area contributed by atoms with Crippen LogP contribution in [-0.2, 0) is 28.6 Å².